The average Bonchev–Trinajstić information content (AvgIpc) is 2.45. The molecule has 0 bridgehead atoms. The van der Waals surface area contributed by atoms with Crippen molar-refractivity contribution in [2.75, 3.05) is 25.3 Å². The molecule has 21 heavy (non-hydrogen) atoms. The Hall–Kier alpha value is -1.40. The quantitative estimate of drug-likeness (QED) is 0.778. The Morgan fingerprint density at radius 3 is 2.67 bits per heavy atom. The summed E-state index contributed by atoms with van der Waals surface area (Å²) in [7, 11) is 2.87. The van der Waals surface area contributed by atoms with Crippen molar-refractivity contribution < 1.29 is 19.1 Å². The van der Waals surface area contributed by atoms with E-state index in [2.05, 4.69) is 10.1 Å². The maximum atomic E-state index is 11.8. The lowest BCUT2D eigenvalue weighted by atomic mass is 10.3. The largest absolute Gasteiger partial charge is 0.495 e. The van der Waals surface area contributed by atoms with E-state index >= 15 is 0 Å². The Balaban J connectivity index is 2.43. The number of thioether (sulfide) groups is 1. The minimum atomic E-state index is -0.280. The number of esters is 1. The molecule has 5 nitrogen and oxygen atoms in total. The molecule has 1 unspecified atom stereocenters. The molecule has 1 N–H and O–H groups in total. The highest BCUT2D eigenvalue weighted by molar-refractivity contribution is 8.00. The predicted octanol–water partition coefficient (Wildman–Crippen LogP) is 2.97. The summed E-state index contributed by atoms with van der Waals surface area (Å²) >= 11 is 7.37. The number of amides is 1. The average molecular weight is 332 g/mol. The van der Waals surface area contributed by atoms with E-state index in [0.29, 0.717) is 16.5 Å². The second-order valence-corrected chi connectivity index (χ2v) is 6.13. The van der Waals surface area contributed by atoms with Gasteiger partial charge in [0.15, 0.2) is 0 Å². The van der Waals surface area contributed by atoms with Gasteiger partial charge < -0.3 is 14.8 Å². The number of anilines is 1. The molecular formula is C14H18ClNO4S. The molecule has 116 valence electrons. The third-order valence-corrected chi connectivity index (χ3v) is 4.08. The van der Waals surface area contributed by atoms with E-state index in [9.17, 15) is 9.59 Å². The predicted molar refractivity (Wildman–Crippen MR) is 85.2 cm³/mol. The van der Waals surface area contributed by atoms with Crippen molar-refractivity contribution in [3.63, 3.8) is 0 Å². The molecular weight excluding hydrogens is 314 g/mol. The number of halogens is 1. The Morgan fingerprint density at radius 2 is 2.10 bits per heavy atom. The van der Waals surface area contributed by atoms with Crippen LogP contribution in [0.25, 0.3) is 0 Å². The first-order valence-corrected chi connectivity index (χ1v) is 7.70. The topological polar surface area (TPSA) is 64.6 Å². The summed E-state index contributed by atoms with van der Waals surface area (Å²) in [4.78, 5) is 22.9. The molecule has 0 aliphatic carbocycles. The van der Waals surface area contributed by atoms with Crippen LogP contribution in [0.4, 0.5) is 5.69 Å². The van der Waals surface area contributed by atoms with Gasteiger partial charge in [0, 0.05) is 10.9 Å². The number of rotatable bonds is 7. The Kier molecular flexibility index (Phi) is 7.39. The number of hydrogen-bond acceptors (Lipinski definition) is 5. The lowest BCUT2D eigenvalue weighted by molar-refractivity contribution is -0.140. The van der Waals surface area contributed by atoms with E-state index in [-0.39, 0.29) is 29.3 Å². The molecule has 0 spiro atoms. The van der Waals surface area contributed by atoms with Crippen molar-refractivity contribution in [3.8, 4) is 5.75 Å². The van der Waals surface area contributed by atoms with E-state index in [1.54, 1.807) is 18.2 Å². The second kappa shape index (κ2) is 8.79. The molecule has 0 fully saturated rings. The summed E-state index contributed by atoms with van der Waals surface area (Å²) < 4.78 is 9.62. The van der Waals surface area contributed by atoms with Gasteiger partial charge in [-0.15, -0.1) is 11.8 Å². The zero-order valence-electron chi connectivity index (χ0n) is 12.1. The van der Waals surface area contributed by atoms with Crippen molar-refractivity contribution in [2.24, 2.45) is 0 Å². The third kappa shape index (κ3) is 6.27. The third-order valence-electron chi connectivity index (χ3n) is 2.62. The fraction of sp³-hybridized carbons (Fsp3) is 0.429. The number of carbonyl (C=O) groups is 2. The van der Waals surface area contributed by atoms with Gasteiger partial charge in [-0.2, -0.15) is 0 Å². The minimum absolute atomic E-state index is 0.0163. The molecule has 1 aromatic rings. The van der Waals surface area contributed by atoms with E-state index in [0.717, 1.165) is 0 Å². The molecule has 1 amide bonds. The SMILES string of the molecule is COC(=O)CC(C)SCC(=O)Nc1ccc(OC)c(Cl)c1. The minimum Gasteiger partial charge on any atom is -0.495 e. The second-order valence-electron chi connectivity index (χ2n) is 4.30. The molecule has 0 heterocycles. The van der Waals surface area contributed by atoms with Crippen LogP contribution in [0.15, 0.2) is 18.2 Å². The van der Waals surface area contributed by atoms with Crippen LogP contribution in [-0.4, -0.2) is 37.1 Å². The number of hydrogen-bond donors (Lipinski definition) is 1. The number of benzene rings is 1. The highest BCUT2D eigenvalue weighted by Crippen LogP contribution is 2.27. The summed E-state index contributed by atoms with van der Waals surface area (Å²) in [6.07, 6.45) is 0.281. The van der Waals surface area contributed by atoms with Gasteiger partial charge in [-0.05, 0) is 18.2 Å². The van der Waals surface area contributed by atoms with Crippen LogP contribution in [0.2, 0.25) is 5.02 Å². The summed E-state index contributed by atoms with van der Waals surface area (Å²) in [6.45, 7) is 1.87. The van der Waals surface area contributed by atoms with Crippen LogP contribution < -0.4 is 10.1 Å². The number of ether oxygens (including phenoxy) is 2. The van der Waals surface area contributed by atoms with E-state index in [1.807, 2.05) is 6.92 Å². The number of nitrogens with one attached hydrogen (secondary N) is 1. The van der Waals surface area contributed by atoms with Gasteiger partial charge in [0.2, 0.25) is 5.91 Å². The first-order chi connectivity index (χ1) is 9.96. The lowest BCUT2D eigenvalue weighted by Crippen LogP contribution is -2.17. The van der Waals surface area contributed by atoms with E-state index in [4.69, 9.17) is 16.3 Å². The molecule has 0 aromatic heterocycles. The normalized spacial score (nSPS) is 11.6. The van der Waals surface area contributed by atoms with E-state index < -0.39 is 0 Å². The molecule has 1 atom stereocenters. The van der Waals surface area contributed by atoms with Gasteiger partial charge in [-0.1, -0.05) is 18.5 Å². The van der Waals surface area contributed by atoms with E-state index in [1.165, 1.54) is 26.0 Å². The number of carbonyl (C=O) groups excluding carboxylic acids is 2. The van der Waals surface area contributed by atoms with Gasteiger partial charge in [-0.25, -0.2) is 0 Å². The molecule has 0 saturated heterocycles. The highest BCUT2D eigenvalue weighted by atomic mass is 35.5. The molecule has 0 aliphatic heterocycles. The van der Waals surface area contributed by atoms with Gasteiger partial charge in [0.1, 0.15) is 5.75 Å². The smallest absolute Gasteiger partial charge is 0.306 e. The van der Waals surface area contributed by atoms with Crippen molar-refractivity contribution in [1.82, 2.24) is 0 Å². The van der Waals surface area contributed by atoms with Crippen LogP contribution in [0.1, 0.15) is 13.3 Å². The maximum Gasteiger partial charge on any atom is 0.306 e. The maximum absolute atomic E-state index is 11.8. The first kappa shape index (κ1) is 17.7. The highest BCUT2D eigenvalue weighted by Gasteiger charge is 2.12. The molecule has 1 rings (SSSR count). The van der Waals surface area contributed by atoms with Gasteiger partial charge in [0.25, 0.3) is 0 Å². The van der Waals surface area contributed by atoms with Gasteiger partial charge >= 0.3 is 5.97 Å². The first-order valence-electron chi connectivity index (χ1n) is 6.28. The monoisotopic (exact) mass is 331 g/mol. The van der Waals surface area contributed by atoms with Crippen LogP contribution >= 0.6 is 23.4 Å². The van der Waals surface area contributed by atoms with Crippen molar-refractivity contribution in [1.29, 1.82) is 0 Å². The molecule has 0 aliphatic rings. The summed E-state index contributed by atoms with van der Waals surface area (Å²) in [5.74, 6) is 0.368. The van der Waals surface area contributed by atoms with Crippen LogP contribution in [0.5, 0.6) is 5.75 Å². The molecule has 0 radical (unpaired) electrons. The Morgan fingerprint density at radius 1 is 1.38 bits per heavy atom. The number of methoxy groups -OCH3 is 2. The van der Waals surface area contributed by atoms with Gasteiger partial charge in [-0.3, -0.25) is 9.59 Å². The standard InChI is InChI=1S/C14H18ClNO4S/c1-9(6-14(18)20-3)21-8-13(17)16-10-4-5-12(19-2)11(15)7-10/h4-5,7,9H,6,8H2,1-3H3,(H,16,17). The van der Waals surface area contributed by atoms with Crippen molar-refractivity contribution >= 4 is 40.9 Å². The fourth-order valence-electron chi connectivity index (χ4n) is 1.54. The Bertz CT molecular complexity index is 510. The summed E-state index contributed by atoms with van der Waals surface area (Å²) in [6, 6.07) is 5.02. The molecule has 0 saturated carbocycles. The van der Waals surface area contributed by atoms with Crippen LogP contribution in [-0.2, 0) is 14.3 Å². The van der Waals surface area contributed by atoms with Crippen molar-refractivity contribution in [2.45, 2.75) is 18.6 Å². The lowest BCUT2D eigenvalue weighted by Gasteiger charge is -2.11. The van der Waals surface area contributed by atoms with Crippen LogP contribution in [0.3, 0.4) is 0 Å². The summed E-state index contributed by atoms with van der Waals surface area (Å²) in [5.41, 5.74) is 0.604. The van der Waals surface area contributed by atoms with Gasteiger partial charge in [0.05, 0.1) is 31.4 Å². The Labute approximate surface area is 133 Å². The van der Waals surface area contributed by atoms with Crippen LogP contribution in [0, 0.1) is 0 Å². The zero-order chi connectivity index (χ0) is 15.8. The van der Waals surface area contributed by atoms with Crippen molar-refractivity contribution in [3.05, 3.63) is 23.2 Å². The molecule has 1 aromatic carbocycles. The summed E-state index contributed by atoms with van der Waals surface area (Å²) in [5, 5.41) is 3.19. The fourth-order valence-corrected chi connectivity index (χ4v) is 2.56. The zero-order valence-corrected chi connectivity index (χ0v) is 13.7. The molecule has 7 heteroatoms.